The highest BCUT2D eigenvalue weighted by atomic mass is 16.3. The van der Waals surface area contributed by atoms with Gasteiger partial charge in [0.25, 0.3) is 0 Å². The maximum absolute atomic E-state index is 9.23. The van der Waals surface area contributed by atoms with Crippen molar-refractivity contribution < 1.29 is 5.11 Å². The molecular formula is C7H16N2O. The molecule has 1 aliphatic heterocycles. The molecule has 1 saturated heterocycles. The third kappa shape index (κ3) is 1.68. The van der Waals surface area contributed by atoms with Gasteiger partial charge in [-0.2, -0.15) is 0 Å². The first-order valence-corrected chi connectivity index (χ1v) is 3.91. The van der Waals surface area contributed by atoms with E-state index in [9.17, 15) is 5.11 Å². The number of aliphatic hydroxyl groups is 1. The molecule has 0 aliphatic carbocycles. The molecule has 2 atom stereocenters. The Morgan fingerprint density at radius 3 is 2.70 bits per heavy atom. The van der Waals surface area contributed by atoms with Crippen molar-refractivity contribution in [1.82, 2.24) is 5.01 Å². The number of nitrogens with zero attached hydrogens (tertiary/aromatic N) is 1. The van der Waals surface area contributed by atoms with Crippen LogP contribution in [0.5, 0.6) is 0 Å². The second-order valence-electron chi connectivity index (χ2n) is 3.04. The van der Waals surface area contributed by atoms with Crippen LogP contribution in [0.2, 0.25) is 0 Å². The third-order valence-corrected chi connectivity index (χ3v) is 2.15. The van der Waals surface area contributed by atoms with E-state index in [0.717, 1.165) is 13.0 Å². The molecule has 1 aliphatic rings. The number of hydrogen-bond donors (Lipinski definition) is 2. The molecule has 1 heterocycles. The summed E-state index contributed by atoms with van der Waals surface area (Å²) in [6.45, 7) is 2.73. The van der Waals surface area contributed by atoms with Crippen LogP contribution in [0.3, 0.4) is 0 Å². The summed E-state index contributed by atoms with van der Waals surface area (Å²) in [5.74, 6) is 5.65. The van der Waals surface area contributed by atoms with E-state index in [2.05, 4.69) is 0 Å². The molecule has 2 unspecified atom stereocenters. The Hall–Kier alpha value is -0.120. The summed E-state index contributed by atoms with van der Waals surface area (Å²) in [7, 11) is 0. The van der Waals surface area contributed by atoms with Gasteiger partial charge in [-0.15, -0.1) is 0 Å². The highest BCUT2D eigenvalue weighted by Gasteiger charge is 2.23. The molecular weight excluding hydrogens is 128 g/mol. The van der Waals surface area contributed by atoms with Crippen LogP contribution in [0.4, 0.5) is 0 Å². The zero-order valence-corrected chi connectivity index (χ0v) is 6.45. The van der Waals surface area contributed by atoms with Gasteiger partial charge < -0.3 is 5.11 Å². The van der Waals surface area contributed by atoms with E-state index in [4.69, 9.17) is 5.84 Å². The van der Waals surface area contributed by atoms with Gasteiger partial charge in [0.2, 0.25) is 0 Å². The minimum atomic E-state index is -0.287. The molecule has 3 nitrogen and oxygen atoms in total. The SMILES string of the molecule is CC(O)C1CCCCN1N. The predicted molar refractivity (Wildman–Crippen MR) is 40.2 cm³/mol. The highest BCUT2D eigenvalue weighted by Crippen LogP contribution is 2.15. The van der Waals surface area contributed by atoms with Crippen LogP contribution in [0, 0.1) is 0 Å². The number of hydrogen-bond acceptors (Lipinski definition) is 3. The van der Waals surface area contributed by atoms with Crippen LogP contribution in [0.1, 0.15) is 26.2 Å². The molecule has 3 N–H and O–H groups in total. The van der Waals surface area contributed by atoms with E-state index >= 15 is 0 Å². The highest BCUT2D eigenvalue weighted by molar-refractivity contribution is 4.76. The van der Waals surface area contributed by atoms with Gasteiger partial charge in [0.1, 0.15) is 0 Å². The molecule has 3 heteroatoms. The number of rotatable bonds is 1. The first-order chi connectivity index (χ1) is 4.72. The minimum Gasteiger partial charge on any atom is -0.392 e. The summed E-state index contributed by atoms with van der Waals surface area (Å²) >= 11 is 0. The first kappa shape index (κ1) is 7.98. The summed E-state index contributed by atoms with van der Waals surface area (Å²) in [6.07, 6.45) is 3.11. The van der Waals surface area contributed by atoms with Crippen LogP contribution < -0.4 is 5.84 Å². The fraction of sp³-hybridized carbons (Fsp3) is 1.00. The maximum atomic E-state index is 9.23. The monoisotopic (exact) mass is 144 g/mol. The van der Waals surface area contributed by atoms with Gasteiger partial charge in [0, 0.05) is 12.6 Å². The van der Waals surface area contributed by atoms with Gasteiger partial charge >= 0.3 is 0 Å². The summed E-state index contributed by atoms with van der Waals surface area (Å²) in [4.78, 5) is 0. The van der Waals surface area contributed by atoms with E-state index in [1.165, 1.54) is 12.8 Å². The molecule has 0 aromatic heterocycles. The van der Waals surface area contributed by atoms with Crippen molar-refractivity contribution in [1.29, 1.82) is 0 Å². The van der Waals surface area contributed by atoms with Crippen LogP contribution in [0.15, 0.2) is 0 Å². The quantitative estimate of drug-likeness (QED) is 0.513. The minimum absolute atomic E-state index is 0.189. The van der Waals surface area contributed by atoms with Gasteiger partial charge in [-0.3, -0.25) is 5.84 Å². The third-order valence-electron chi connectivity index (χ3n) is 2.15. The lowest BCUT2D eigenvalue weighted by Crippen LogP contribution is -2.49. The first-order valence-electron chi connectivity index (χ1n) is 3.91. The largest absolute Gasteiger partial charge is 0.392 e. The summed E-state index contributed by atoms with van der Waals surface area (Å²) in [5.41, 5.74) is 0. The van der Waals surface area contributed by atoms with Crippen molar-refractivity contribution in [2.75, 3.05) is 6.54 Å². The lowest BCUT2D eigenvalue weighted by Gasteiger charge is -2.33. The Morgan fingerprint density at radius 2 is 2.30 bits per heavy atom. The van der Waals surface area contributed by atoms with Gasteiger partial charge in [0.05, 0.1) is 6.10 Å². The van der Waals surface area contributed by atoms with Crippen molar-refractivity contribution >= 4 is 0 Å². The van der Waals surface area contributed by atoms with Gasteiger partial charge in [-0.1, -0.05) is 6.42 Å². The molecule has 0 radical (unpaired) electrons. The number of piperidine rings is 1. The number of nitrogens with two attached hydrogens (primary N) is 1. The van der Waals surface area contributed by atoms with E-state index in [1.54, 1.807) is 11.9 Å². The van der Waals surface area contributed by atoms with E-state index in [0.29, 0.717) is 0 Å². The lowest BCUT2D eigenvalue weighted by atomic mass is 10.0. The Kier molecular flexibility index (Phi) is 2.65. The van der Waals surface area contributed by atoms with Crippen molar-refractivity contribution in [3.05, 3.63) is 0 Å². The molecule has 0 bridgehead atoms. The molecule has 0 spiro atoms. The van der Waals surface area contributed by atoms with Crippen molar-refractivity contribution in [2.45, 2.75) is 38.3 Å². The van der Waals surface area contributed by atoms with Crippen LogP contribution in [-0.4, -0.2) is 28.8 Å². The van der Waals surface area contributed by atoms with Crippen molar-refractivity contribution in [2.24, 2.45) is 5.84 Å². The Balaban J connectivity index is 2.40. The Bertz CT molecular complexity index is 106. The van der Waals surface area contributed by atoms with Crippen LogP contribution >= 0.6 is 0 Å². The van der Waals surface area contributed by atoms with E-state index in [-0.39, 0.29) is 12.1 Å². The van der Waals surface area contributed by atoms with Gasteiger partial charge in [-0.05, 0) is 19.8 Å². The molecule has 10 heavy (non-hydrogen) atoms. The molecule has 0 saturated carbocycles. The average molecular weight is 144 g/mol. The van der Waals surface area contributed by atoms with Crippen molar-refractivity contribution in [3.8, 4) is 0 Å². The van der Waals surface area contributed by atoms with Crippen molar-refractivity contribution in [3.63, 3.8) is 0 Å². The van der Waals surface area contributed by atoms with E-state index < -0.39 is 0 Å². The summed E-state index contributed by atoms with van der Waals surface area (Å²) in [6, 6.07) is 0.189. The average Bonchev–Trinajstić information content (AvgIpc) is 1.88. The van der Waals surface area contributed by atoms with E-state index in [1.807, 2.05) is 0 Å². The summed E-state index contributed by atoms with van der Waals surface area (Å²) in [5, 5.41) is 11.0. The Labute approximate surface area is 61.8 Å². The summed E-state index contributed by atoms with van der Waals surface area (Å²) < 4.78 is 0. The molecule has 0 aromatic carbocycles. The fourth-order valence-corrected chi connectivity index (χ4v) is 1.50. The second-order valence-corrected chi connectivity index (χ2v) is 3.04. The number of aliphatic hydroxyl groups excluding tert-OH is 1. The fourth-order valence-electron chi connectivity index (χ4n) is 1.50. The maximum Gasteiger partial charge on any atom is 0.0681 e. The smallest absolute Gasteiger partial charge is 0.0681 e. The zero-order chi connectivity index (χ0) is 7.56. The number of hydrazine groups is 1. The standard InChI is InChI=1S/C7H16N2O/c1-6(10)7-4-2-3-5-9(7)8/h6-7,10H,2-5,8H2,1H3. The van der Waals surface area contributed by atoms with Gasteiger partial charge in [0.15, 0.2) is 0 Å². The zero-order valence-electron chi connectivity index (χ0n) is 6.45. The molecule has 0 amide bonds. The Morgan fingerprint density at radius 1 is 1.60 bits per heavy atom. The molecule has 1 rings (SSSR count). The molecule has 0 aromatic rings. The van der Waals surface area contributed by atoms with Gasteiger partial charge in [-0.25, -0.2) is 5.01 Å². The normalized spacial score (nSPS) is 32.1. The molecule has 60 valence electrons. The topological polar surface area (TPSA) is 49.5 Å². The lowest BCUT2D eigenvalue weighted by molar-refractivity contribution is 0.0364. The predicted octanol–water partition coefficient (Wildman–Crippen LogP) is 0.0954. The van der Waals surface area contributed by atoms with Crippen LogP contribution in [-0.2, 0) is 0 Å². The second kappa shape index (κ2) is 3.32. The molecule has 1 fully saturated rings. The van der Waals surface area contributed by atoms with Crippen LogP contribution in [0.25, 0.3) is 0 Å².